The van der Waals surface area contributed by atoms with Crippen LogP contribution in [0.3, 0.4) is 0 Å². The first-order valence-corrected chi connectivity index (χ1v) is 6.15. The van der Waals surface area contributed by atoms with Crippen molar-refractivity contribution in [3.63, 3.8) is 0 Å². The predicted octanol–water partition coefficient (Wildman–Crippen LogP) is 2.77. The zero-order valence-corrected chi connectivity index (χ0v) is 10.4. The summed E-state index contributed by atoms with van der Waals surface area (Å²) in [4.78, 5) is 11.7. The summed E-state index contributed by atoms with van der Waals surface area (Å²) in [5.74, 6) is 0.0704. The number of rotatable bonds is 5. The number of benzene rings is 1. The van der Waals surface area contributed by atoms with Gasteiger partial charge in [0.25, 0.3) is 0 Å². The summed E-state index contributed by atoms with van der Waals surface area (Å²) in [5, 5.41) is 3.06. The summed E-state index contributed by atoms with van der Waals surface area (Å²) < 4.78 is 14.1. The van der Waals surface area contributed by atoms with Gasteiger partial charge in [0.2, 0.25) is 0 Å². The Morgan fingerprint density at radius 1 is 1.50 bits per heavy atom. The fourth-order valence-electron chi connectivity index (χ4n) is 1.52. The highest BCUT2D eigenvalue weighted by molar-refractivity contribution is 9.10. The smallest absolute Gasteiger partial charge is 0.179 e. The molecule has 0 saturated heterocycles. The van der Waals surface area contributed by atoms with Gasteiger partial charge >= 0.3 is 0 Å². The Morgan fingerprint density at radius 2 is 2.25 bits per heavy atom. The maximum Gasteiger partial charge on any atom is 0.179 e. The average molecular weight is 286 g/mol. The summed E-state index contributed by atoms with van der Waals surface area (Å²) >= 11 is 3.23. The third-order valence-corrected chi connectivity index (χ3v) is 3.14. The molecule has 1 aliphatic rings. The van der Waals surface area contributed by atoms with Gasteiger partial charge in [0, 0.05) is 4.47 Å². The van der Waals surface area contributed by atoms with Crippen LogP contribution in [-0.4, -0.2) is 18.9 Å². The van der Waals surface area contributed by atoms with E-state index in [0.29, 0.717) is 0 Å². The highest BCUT2D eigenvalue weighted by atomic mass is 79.9. The molecular weight excluding hydrogens is 273 g/mol. The van der Waals surface area contributed by atoms with Crippen LogP contribution in [0.1, 0.15) is 23.2 Å². The fraction of sp³-hybridized carbons (Fsp3) is 0.417. The number of hydrogen-bond donors (Lipinski definition) is 1. The molecule has 2 nitrogen and oxygen atoms in total. The Morgan fingerprint density at radius 3 is 2.94 bits per heavy atom. The van der Waals surface area contributed by atoms with E-state index in [1.807, 2.05) is 0 Å². The molecule has 0 atom stereocenters. The lowest BCUT2D eigenvalue weighted by atomic mass is 10.1. The Labute approximate surface area is 102 Å². The number of carbonyl (C=O) groups excluding carboxylic acids is 1. The van der Waals surface area contributed by atoms with Crippen LogP contribution in [-0.2, 0) is 0 Å². The van der Waals surface area contributed by atoms with Gasteiger partial charge in [-0.05, 0) is 43.5 Å². The fourth-order valence-corrected chi connectivity index (χ4v) is 1.88. The van der Waals surface area contributed by atoms with Gasteiger partial charge < -0.3 is 5.32 Å². The molecule has 2 rings (SSSR count). The van der Waals surface area contributed by atoms with E-state index >= 15 is 0 Å². The van der Waals surface area contributed by atoms with Gasteiger partial charge in [-0.3, -0.25) is 4.79 Å². The van der Waals surface area contributed by atoms with Crippen molar-refractivity contribution in [2.75, 3.05) is 13.1 Å². The molecule has 1 N–H and O–H groups in total. The molecule has 1 aliphatic carbocycles. The number of halogens is 2. The van der Waals surface area contributed by atoms with E-state index in [1.165, 1.54) is 25.0 Å². The molecule has 1 aromatic carbocycles. The second kappa shape index (κ2) is 5.06. The second-order valence-corrected chi connectivity index (χ2v) is 5.04. The molecule has 0 radical (unpaired) electrons. The minimum atomic E-state index is -0.457. The number of ketones is 1. The lowest BCUT2D eigenvalue weighted by Gasteiger charge is -2.04. The van der Waals surface area contributed by atoms with Crippen molar-refractivity contribution >= 4 is 21.7 Å². The van der Waals surface area contributed by atoms with Gasteiger partial charge in [-0.15, -0.1) is 0 Å². The molecule has 1 aromatic rings. The normalized spacial score (nSPS) is 15.1. The van der Waals surface area contributed by atoms with Crippen LogP contribution in [0.2, 0.25) is 0 Å². The SMILES string of the molecule is O=C(CNCC1CC1)c1cc(Br)ccc1F. The molecule has 0 unspecified atom stereocenters. The van der Waals surface area contributed by atoms with Crippen molar-refractivity contribution < 1.29 is 9.18 Å². The number of hydrogen-bond acceptors (Lipinski definition) is 2. The first-order valence-electron chi connectivity index (χ1n) is 5.36. The van der Waals surface area contributed by atoms with Crippen LogP contribution in [0, 0.1) is 11.7 Å². The van der Waals surface area contributed by atoms with Crippen LogP contribution in [0.4, 0.5) is 4.39 Å². The number of carbonyl (C=O) groups is 1. The van der Waals surface area contributed by atoms with E-state index in [4.69, 9.17) is 0 Å². The summed E-state index contributed by atoms with van der Waals surface area (Å²) in [7, 11) is 0. The van der Waals surface area contributed by atoms with Crippen LogP contribution in [0.5, 0.6) is 0 Å². The second-order valence-electron chi connectivity index (χ2n) is 4.12. The van der Waals surface area contributed by atoms with Crippen molar-refractivity contribution in [1.29, 1.82) is 0 Å². The van der Waals surface area contributed by atoms with E-state index in [9.17, 15) is 9.18 Å². The number of nitrogens with one attached hydrogen (secondary N) is 1. The maximum atomic E-state index is 13.3. The topological polar surface area (TPSA) is 29.1 Å². The Kier molecular flexibility index (Phi) is 3.71. The van der Waals surface area contributed by atoms with Crippen molar-refractivity contribution in [3.05, 3.63) is 34.1 Å². The van der Waals surface area contributed by atoms with Crippen LogP contribution >= 0.6 is 15.9 Å². The third kappa shape index (κ3) is 3.12. The van der Waals surface area contributed by atoms with Crippen molar-refractivity contribution in [1.82, 2.24) is 5.32 Å². The summed E-state index contributed by atoms with van der Waals surface area (Å²) in [6, 6.07) is 4.42. The van der Waals surface area contributed by atoms with Crippen LogP contribution in [0.15, 0.2) is 22.7 Å². The minimum absolute atomic E-state index is 0.151. The lowest BCUT2D eigenvalue weighted by Crippen LogP contribution is -2.25. The summed E-state index contributed by atoms with van der Waals surface area (Å²) in [6.45, 7) is 1.07. The van der Waals surface area contributed by atoms with Gasteiger partial charge in [0.1, 0.15) is 5.82 Å². The van der Waals surface area contributed by atoms with Crippen molar-refractivity contribution in [2.45, 2.75) is 12.8 Å². The lowest BCUT2D eigenvalue weighted by molar-refractivity contribution is 0.0987. The van der Waals surface area contributed by atoms with Crippen molar-refractivity contribution in [2.24, 2.45) is 5.92 Å². The van der Waals surface area contributed by atoms with Gasteiger partial charge in [0.05, 0.1) is 12.1 Å². The molecule has 0 spiro atoms. The van der Waals surface area contributed by atoms with E-state index in [1.54, 1.807) is 6.07 Å². The monoisotopic (exact) mass is 285 g/mol. The van der Waals surface area contributed by atoms with E-state index < -0.39 is 5.82 Å². The third-order valence-electron chi connectivity index (χ3n) is 2.64. The van der Waals surface area contributed by atoms with Gasteiger partial charge in [-0.1, -0.05) is 15.9 Å². The molecular formula is C12H13BrFNO. The molecule has 16 heavy (non-hydrogen) atoms. The molecule has 0 aliphatic heterocycles. The van der Waals surface area contributed by atoms with Crippen LogP contribution < -0.4 is 5.32 Å². The quantitative estimate of drug-likeness (QED) is 0.843. The molecule has 0 bridgehead atoms. The van der Waals surface area contributed by atoms with E-state index in [0.717, 1.165) is 16.9 Å². The highest BCUT2D eigenvalue weighted by Crippen LogP contribution is 2.27. The van der Waals surface area contributed by atoms with Gasteiger partial charge in [-0.25, -0.2) is 4.39 Å². The zero-order chi connectivity index (χ0) is 11.5. The maximum absolute atomic E-state index is 13.3. The Balaban J connectivity index is 1.93. The average Bonchev–Trinajstić information content (AvgIpc) is 3.05. The molecule has 0 heterocycles. The molecule has 0 aromatic heterocycles. The summed E-state index contributed by atoms with van der Waals surface area (Å²) in [5.41, 5.74) is 0.151. The van der Waals surface area contributed by atoms with Crippen LogP contribution in [0.25, 0.3) is 0 Å². The molecule has 4 heteroatoms. The Bertz CT molecular complexity index is 404. The van der Waals surface area contributed by atoms with Gasteiger partial charge in [0.15, 0.2) is 5.78 Å². The Hall–Kier alpha value is -0.740. The summed E-state index contributed by atoms with van der Waals surface area (Å²) in [6.07, 6.45) is 2.48. The van der Waals surface area contributed by atoms with E-state index in [-0.39, 0.29) is 17.9 Å². The first-order chi connectivity index (χ1) is 7.66. The molecule has 1 fully saturated rings. The van der Waals surface area contributed by atoms with E-state index in [2.05, 4.69) is 21.2 Å². The molecule has 86 valence electrons. The minimum Gasteiger partial charge on any atom is -0.309 e. The van der Waals surface area contributed by atoms with Gasteiger partial charge in [-0.2, -0.15) is 0 Å². The molecule has 1 saturated carbocycles. The number of Topliss-reactive ketones (excluding diaryl/α,β-unsaturated/α-hetero) is 1. The van der Waals surface area contributed by atoms with Crippen molar-refractivity contribution in [3.8, 4) is 0 Å². The molecule has 0 amide bonds. The first kappa shape index (κ1) is 11.7. The largest absolute Gasteiger partial charge is 0.309 e. The zero-order valence-electron chi connectivity index (χ0n) is 8.80. The highest BCUT2D eigenvalue weighted by Gasteiger charge is 2.21. The predicted molar refractivity (Wildman–Crippen MR) is 64.0 cm³/mol. The standard InChI is InChI=1S/C12H13BrFNO/c13-9-3-4-11(14)10(5-9)12(16)7-15-6-8-1-2-8/h3-5,8,15H,1-2,6-7H2.